The number of benzene rings is 1. The SMILES string of the molecule is CN(C)CCC(CCO)c1ccccc1. The van der Waals surface area contributed by atoms with Crippen molar-refractivity contribution >= 4 is 0 Å². The van der Waals surface area contributed by atoms with Gasteiger partial charge in [-0.1, -0.05) is 30.3 Å². The van der Waals surface area contributed by atoms with E-state index in [9.17, 15) is 0 Å². The van der Waals surface area contributed by atoms with Gasteiger partial charge in [0.05, 0.1) is 0 Å². The van der Waals surface area contributed by atoms with Gasteiger partial charge in [-0.05, 0) is 45.0 Å². The summed E-state index contributed by atoms with van der Waals surface area (Å²) in [4.78, 5) is 2.19. The second kappa shape index (κ2) is 6.59. The summed E-state index contributed by atoms with van der Waals surface area (Å²) in [5.74, 6) is 0.485. The summed E-state index contributed by atoms with van der Waals surface area (Å²) in [6.45, 7) is 1.34. The van der Waals surface area contributed by atoms with Crippen LogP contribution < -0.4 is 0 Å². The summed E-state index contributed by atoms with van der Waals surface area (Å²) < 4.78 is 0. The summed E-state index contributed by atoms with van der Waals surface area (Å²) >= 11 is 0. The van der Waals surface area contributed by atoms with E-state index in [0.29, 0.717) is 5.92 Å². The topological polar surface area (TPSA) is 23.5 Å². The second-order valence-corrected chi connectivity index (χ2v) is 4.21. The molecule has 0 aliphatic rings. The standard InChI is InChI=1S/C13H21NO/c1-14(2)10-8-13(9-11-15)12-6-4-3-5-7-12/h3-7,13,15H,8-11H2,1-2H3. The van der Waals surface area contributed by atoms with E-state index in [1.54, 1.807) is 0 Å². The van der Waals surface area contributed by atoms with Crippen LogP contribution in [0.3, 0.4) is 0 Å². The minimum atomic E-state index is 0.271. The molecule has 0 aliphatic carbocycles. The first-order valence-electron chi connectivity index (χ1n) is 5.54. The molecule has 0 bridgehead atoms. The normalized spacial score (nSPS) is 13.1. The monoisotopic (exact) mass is 207 g/mol. The number of nitrogens with zero attached hydrogens (tertiary/aromatic N) is 1. The number of rotatable bonds is 6. The average Bonchev–Trinajstić information content (AvgIpc) is 2.25. The van der Waals surface area contributed by atoms with Gasteiger partial charge in [0.2, 0.25) is 0 Å². The van der Waals surface area contributed by atoms with Crippen molar-refractivity contribution in [2.45, 2.75) is 18.8 Å². The minimum absolute atomic E-state index is 0.271. The molecule has 0 spiro atoms. The minimum Gasteiger partial charge on any atom is -0.396 e. The fourth-order valence-electron chi connectivity index (χ4n) is 1.77. The molecule has 2 nitrogen and oxygen atoms in total. The molecule has 2 heteroatoms. The van der Waals surface area contributed by atoms with Crippen molar-refractivity contribution in [2.24, 2.45) is 0 Å². The quantitative estimate of drug-likeness (QED) is 0.772. The van der Waals surface area contributed by atoms with Crippen LogP contribution in [-0.2, 0) is 0 Å². The molecule has 0 fully saturated rings. The van der Waals surface area contributed by atoms with Crippen molar-refractivity contribution in [3.05, 3.63) is 35.9 Å². The van der Waals surface area contributed by atoms with Crippen LogP contribution in [0.25, 0.3) is 0 Å². The largest absolute Gasteiger partial charge is 0.396 e. The molecule has 15 heavy (non-hydrogen) atoms. The van der Waals surface area contributed by atoms with Crippen LogP contribution >= 0.6 is 0 Å². The highest BCUT2D eigenvalue weighted by Crippen LogP contribution is 2.22. The maximum atomic E-state index is 9.05. The highest BCUT2D eigenvalue weighted by atomic mass is 16.3. The third kappa shape index (κ3) is 4.45. The van der Waals surface area contributed by atoms with Crippen molar-refractivity contribution in [3.8, 4) is 0 Å². The van der Waals surface area contributed by atoms with E-state index < -0.39 is 0 Å². The molecule has 1 atom stereocenters. The van der Waals surface area contributed by atoms with Crippen LogP contribution in [0.2, 0.25) is 0 Å². The van der Waals surface area contributed by atoms with Crippen molar-refractivity contribution < 1.29 is 5.11 Å². The number of aliphatic hydroxyl groups excluding tert-OH is 1. The van der Waals surface area contributed by atoms with E-state index in [-0.39, 0.29) is 6.61 Å². The number of hydrogen-bond donors (Lipinski definition) is 1. The smallest absolute Gasteiger partial charge is 0.0436 e. The van der Waals surface area contributed by atoms with Crippen molar-refractivity contribution in [3.63, 3.8) is 0 Å². The predicted molar refractivity (Wildman–Crippen MR) is 64.1 cm³/mol. The zero-order chi connectivity index (χ0) is 11.1. The molecule has 0 aromatic heterocycles. The van der Waals surface area contributed by atoms with Crippen molar-refractivity contribution in [1.29, 1.82) is 0 Å². The summed E-state index contributed by atoms with van der Waals surface area (Å²) in [5, 5.41) is 9.05. The lowest BCUT2D eigenvalue weighted by molar-refractivity contribution is 0.266. The lowest BCUT2D eigenvalue weighted by atomic mass is 9.93. The Labute approximate surface area is 92.5 Å². The number of aliphatic hydroxyl groups is 1. The van der Waals surface area contributed by atoms with E-state index in [1.807, 2.05) is 6.07 Å². The first kappa shape index (κ1) is 12.2. The first-order valence-corrected chi connectivity index (χ1v) is 5.54. The van der Waals surface area contributed by atoms with E-state index in [0.717, 1.165) is 19.4 Å². The fraction of sp³-hybridized carbons (Fsp3) is 0.538. The molecule has 1 aromatic rings. The molecule has 1 N–H and O–H groups in total. The summed E-state index contributed by atoms with van der Waals surface area (Å²) in [6.07, 6.45) is 1.97. The molecular formula is C13H21NO. The number of hydrogen-bond acceptors (Lipinski definition) is 2. The Morgan fingerprint density at radius 3 is 2.33 bits per heavy atom. The average molecular weight is 207 g/mol. The maximum absolute atomic E-state index is 9.05. The molecule has 0 aliphatic heterocycles. The Morgan fingerprint density at radius 1 is 1.13 bits per heavy atom. The van der Waals surface area contributed by atoms with Crippen molar-refractivity contribution in [1.82, 2.24) is 4.90 Å². The van der Waals surface area contributed by atoms with Gasteiger partial charge in [-0.25, -0.2) is 0 Å². The summed E-state index contributed by atoms with van der Waals surface area (Å²) in [5.41, 5.74) is 1.34. The summed E-state index contributed by atoms with van der Waals surface area (Å²) in [6, 6.07) is 10.5. The van der Waals surface area contributed by atoms with Crippen LogP contribution in [0.1, 0.15) is 24.3 Å². The van der Waals surface area contributed by atoms with Gasteiger partial charge in [-0.3, -0.25) is 0 Å². The lowest BCUT2D eigenvalue weighted by Gasteiger charge is -2.18. The molecule has 1 rings (SSSR count). The highest BCUT2D eigenvalue weighted by Gasteiger charge is 2.10. The highest BCUT2D eigenvalue weighted by molar-refractivity contribution is 5.19. The third-order valence-electron chi connectivity index (χ3n) is 2.67. The predicted octanol–water partition coefficient (Wildman–Crippen LogP) is 2.10. The van der Waals surface area contributed by atoms with E-state index >= 15 is 0 Å². The van der Waals surface area contributed by atoms with Crippen LogP contribution in [0.15, 0.2) is 30.3 Å². The van der Waals surface area contributed by atoms with E-state index in [4.69, 9.17) is 5.11 Å². The third-order valence-corrected chi connectivity index (χ3v) is 2.67. The van der Waals surface area contributed by atoms with Gasteiger partial charge in [-0.15, -0.1) is 0 Å². The zero-order valence-electron chi connectivity index (χ0n) is 9.69. The Balaban J connectivity index is 2.57. The van der Waals surface area contributed by atoms with Gasteiger partial charge in [0, 0.05) is 6.61 Å². The molecule has 84 valence electrons. The van der Waals surface area contributed by atoms with E-state index in [2.05, 4.69) is 43.3 Å². The van der Waals surface area contributed by atoms with Gasteiger partial charge in [-0.2, -0.15) is 0 Å². The van der Waals surface area contributed by atoms with Crippen molar-refractivity contribution in [2.75, 3.05) is 27.2 Å². The Hall–Kier alpha value is -0.860. The Bertz CT molecular complexity index is 258. The molecule has 0 saturated carbocycles. The second-order valence-electron chi connectivity index (χ2n) is 4.21. The Morgan fingerprint density at radius 2 is 1.80 bits per heavy atom. The molecular weight excluding hydrogens is 186 g/mol. The van der Waals surface area contributed by atoms with Gasteiger partial charge >= 0.3 is 0 Å². The lowest BCUT2D eigenvalue weighted by Crippen LogP contribution is -2.16. The Kier molecular flexibility index (Phi) is 5.37. The van der Waals surface area contributed by atoms with Crippen LogP contribution in [0, 0.1) is 0 Å². The van der Waals surface area contributed by atoms with Gasteiger partial charge in [0.1, 0.15) is 0 Å². The maximum Gasteiger partial charge on any atom is 0.0436 e. The van der Waals surface area contributed by atoms with Crippen LogP contribution in [0.5, 0.6) is 0 Å². The van der Waals surface area contributed by atoms with E-state index in [1.165, 1.54) is 5.56 Å². The van der Waals surface area contributed by atoms with Gasteiger partial charge in [0.15, 0.2) is 0 Å². The molecule has 0 radical (unpaired) electrons. The van der Waals surface area contributed by atoms with Gasteiger partial charge in [0.25, 0.3) is 0 Å². The molecule has 1 aromatic carbocycles. The van der Waals surface area contributed by atoms with Gasteiger partial charge < -0.3 is 10.0 Å². The van der Waals surface area contributed by atoms with Crippen LogP contribution in [-0.4, -0.2) is 37.3 Å². The summed E-state index contributed by atoms with van der Waals surface area (Å²) in [7, 11) is 4.17. The first-order chi connectivity index (χ1) is 7.24. The molecule has 0 amide bonds. The zero-order valence-corrected chi connectivity index (χ0v) is 9.69. The molecule has 0 heterocycles. The molecule has 0 saturated heterocycles. The fourth-order valence-corrected chi connectivity index (χ4v) is 1.77. The molecule has 1 unspecified atom stereocenters. The van der Waals surface area contributed by atoms with Crippen LogP contribution in [0.4, 0.5) is 0 Å².